The second kappa shape index (κ2) is 4.06. The van der Waals surface area contributed by atoms with Crippen molar-refractivity contribution in [2.45, 2.75) is 19.9 Å². The normalized spacial score (nSPS) is 11.9. The minimum Gasteiger partial charge on any atom is -0.387 e. The number of aromatic amines is 1. The van der Waals surface area contributed by atoms with E-state index in [-0.39, 0.29) is 4.87 Å². The quantitative estimate of drug-likeness (QED) is 0.537. The van der Waals surface area contributed by atoms with Crippen molar-refractivity contribution in [2.24, 2.45) is 10.7 Å². The van der Waals surface area contributed by atoms with Gasteiger partial charge in [0.2, 0.25) is 0 Å². The Bertz CT molecular complexity index is 325. The van der Waals surface area contributed by atoms with Gasteiger partial charge in [-0.2, -0.15) is 0 Å². The van der Waals surface area contributed by atoms with Crippen LogP contribution < -0.4 is 10.6 Å². The topological polar surface area (TPSA) is 71.2 Å². The van der Waals surface area contributed by atoms with Crippen LogP contribution in [0.15, 0.2) is 15.2 Å². The Balaban J connectivity index is 2.59. The fourth-order valence-electron chi connectivity index (χ4n) is 0.690. The van der Waals surface area contributed by atoms with Crippen LogP contribution in [0.2, 0.25) is 0 Å². The van der Waals surface area contributed by atoms with Gasteiger partial charge in [-0.15, -0.1) is 0 Å². The van der Waals surface area contributed by atoms with Crippen molar-refractivity contribution in [2.75, 3.05) is 0 Å². The molecule has 12 heavy (non-hydrogen) atoms. The van der Waals surface area contributed by atoms with Crippen molar-refractivity contribution < 1.29 is 0 Å². The van der Waals surface area contributed by atoms with Crippen LogP contribution in [0.1, 0.15) is 19.0 Å². The summed E-state index contributed by atoms with van der Waals surface area (Å²) in [5.74, 6) is 0.613. The lowest BCUT2D eigenvalue weighted by Crippen LogP contribution is -2.10. The maximum atomic E-state index is 10.7. The lowest BCUT2D eigenvalue weighted by atomic mass is 10.4. The number of H-pyrrole nitrogens is 1. The maximum Gasteiger partial charge on any atom is 0.304 e. The molecule has 1 aromatic heterocycles. The van der Waals surface area contributed by atoms with Crippen LogP contribution in [0.25, 0.3) is 0 Å². The minimum atomic E-state index is -0.0460. The molecular formula is C7H11N3OS. The number of rotatable bonds is 3. The number of nitrogens with one attached hydrogen (secondary N) is 1. The van der Waals surface area contributed by atoms with Crippen LogP contribution in [0, 0.1) is 0 Å². The molecule has 3 N–H and O–H groups in total. The molecule has 5 heteroatoms. The first-order valence-corrected chi connectivity index (χ1v) is 4.56. The Morgan fingerprint density at radius 2 is 2.58 bits per heavy atom. The zero-order valence-corrected chi connectivity index (χ0v) is 7.65. The molecule has 0 radical (unpaired) electrons. The Kier molecular flexibility index (Phi) is 3.04. The zero-order valence-electron chi connectivity index (χ0n) is 6.83. The predicted molar refractivity (Wildman–Crippen MR) is 50.6 cm³/mol. The number of amidine groups is 1. The molecule has 66 valence electrons. The maximum absolute atomic E-state index is 10.7. The molecule has 1 aromatic rings. The highest BCUT2D eigenvalue weighted by atomic mass is 32.1. The Labute approximate surface area is 74.1 Å². The van der Waals surface area contributed by atoms with Gasteiger partial charge >= 0.3 is 4.87 Å². The van der Waals surface area contributed by atoms with Crippen molar-refractivity contribution in [3.8, 4) is 0 Å². The molecule has 0 saturated heterocycles. The number of hydrogen-bond acceptors (Lipinski definition) is 3. The molecule has 0 bridgehead atoms. The fourth-order valence-corrected chi connectivity index (χ4v) is 1.26. The summed E-state index contributed by atoms with van der Waals surface area (Å²) in [7, 11) is 0. The number of hydrogen-bond donors (Lipinski definition) is 2. The van der Waals surface area contributed by atoms with Gasteiger partial charge in [-0.25, -0.2) is 0 Å². The van der Waals surface area contributed by atoms with Crippen molar-refractivity contribution in [3.05, 3.63) is 20.7 Å². The third-order valence-corrected chi connectivity index (χ3v) is 2.10. The van der Waals surface area contributed by atoms with Gasteiger partial charge in [0, 0.05) is 11.8 Å². The van der Waals surface area contributed by atoms with Crippen molar-refractivity contribution >= 4 is 17.2 Å². The molecule has 0 fully saturated rings. The number of aromatic nitrogens is 1. The molecule has 0 unspecified atom stereocenters. The SMILES string of the molecule is CCC(N)=NCc1csc(=O)[nH]1. The van der Waals surface area contributed by atoms with Gasteiger partial charge in [-0.05, 0) is 0 Å². The monoisotopic (exact) mass is 185 g/mol. The third kappa shape index (κ3) is 2.50. The second-order valence-corrected chi connectivity index (χ2v) is 3.18. The summed E-state index contributed by atoms with van der Waals surface area (Å²) in [6, 6.07) is 0. The Morgan fingerprint density at radius 1 is 1.83 bits per heavy atom. The van der Waals surface area contributed by atoms with E-state index in [2.05, 4.69) is 9.98 Å². The second-order valence-electron chi connectivity index (χ2n) is 2.33. The minimum absolute atomic E-state index is 0.0460. The molecule has 0 atom stereocenters. The summed E-state index contributed by atoms with van der Waals surface area (Å²) >= 11 is 1.14. The number of nitrogens with zero attached hydrogens (tertiary/aromatic N) is 1. The van der Waals surface area contributed by atoms with Gasteiger partial charge in [0.05, 0.1) is 18.1 Å². The summed E-state index contributed by atoms with van der Waals surface area (Å²) in [5, 5.41) is 1.76. The van der Waals surface area contributed by atoms with Crippen LogP contribution in [0.3, 0.4) is 0 Å². The lowest BCUT2D eigenvalue weighted by molar-refractivity contribution is 0.984. The highest BCUT2D eigenvalue weighted by molar-refractivity contribution is 7.07. The number of nitrogens with two attached hydrogens (primary N) is 1. The highest BCUT2D eigenvalue weighted by Crippen LogP contribution is 1.97. The van der Waals surface area contributed by atoms with E-state index in [0.29, 0.717) is 12.4 Å². The molecule has 0 aromatic carbocycles. The Hall–Kier alpha value is -1.10. The molecular weight excluding hydrogens is 174 g/mol. The van der Waals surface area contributed by atoms with E-state index >= 15 is 0 Å². The largest absolute Gasteiger partial charge is 0.387 e. The first kappa shape index (κ1) is 8.99. The summed E-state index contributed by atoms with van der Waals surface area (Å²) in [6.45, 7) is 2.41. The van der Waals surface area contributed by atoms with E-state index in [1.807, 2.05) is 6.92 Å². The van der Waals surface area contributed by atoms with Crippen molar-refractivity contribution in [1.29, 1.82) is 0 Å². The summed E-state index contributed by atoms with van der Waals surface area (Å²) in [4.78, 5) is 17.4. The molecule has 0 aliphatic heterocycles. The summed E-state index contributed by atoms with van der Waals surface area (Å²) < 4.78 is 0. The highest BCUT2D eigenvalue weighted by Gasteiger charge is 1.94. The van der Waals surface area contributed by atoms with E-state index < -0.39 is 0 Å². The molecule has 1 heterocycles. The van der Waals surface area contributed by atoms with E-state index in [0.717, 1.165) is 23.5 Å². The van der Waals surface area contributed by atoms with Crippen LogP contribution in [-0.2, 0) is 6.54 Å². The average molecular weight is 185 g/mol. The standard InChI is InChI=1S/C7H11N3OS/c1-2-6(8)9-3-5-4-12-7(11)10-5/h4H,2-3H2,1H3,(H2,8,9)(H,10,11). The van der Waals surface area contributed by atoms with Gasteiger partial charge in [-0.3, -0.25) is 9.79 Å². The van der Waals surface area contributed by atoms with Gasteiger partial charge < -0.3 is 10.7 Å². The predicted octanol–water partition coefficient (Wildman–Crippen LogP) is 0.704. The third-order valence-electron chi connectivity index (χ3n) is 1.39. The number of aliphatic imine (C=N–C) groups is 1. The molecule has 0 amide bonds. The van der Waals surface area contributed by atoms with E-state index in [1.165, 1.54) is 0 Å². The number of thiazole rings is 1. The van der Waals surface area contributed by atoms with E-state index in [1.54, 1.807) is 5.38 Å². The molecule has 4 nitrogen and oxygen atoms in total. The van der Waals surface area contributed by atoms with Crippen LogP contribution in [0.5, 0.6) is 0 Å². The average Bonchev–Trinajstić information content (AvgIpc) is 2.47. The van der Waals surface area contributed by atoms with Crippen LogP contribution in [0.4, 0.5) is 0 Å². The first-order chi connectivity index (χ1) is 5.72. The zero-order chi connectivity index (χ0) is 8.97. The fraction of sp³-hybridized carbons (Fsp3) is 0.429. The lowest BCUT2D eigenvalue weighted by Gasteiger charge is -1.93. The van der Waals surface area contributed by atoms with Gasteiger partial charge in [-0.1, -0.05) is 18.3 Å². The van der Waals surface area contributed by atoms with E-state index in [9.17, 15) is 4.79 Å². The molecule has 1 rings (SSSR count). The summed E-state index contributed by atoms with van der Waals surface area (Å²) in [6.07, 6.45) is 0.744. The van der Waals surface area contributed by atoms with Gasteiger partial charge in [0.15, 0.2) is 0 Å². The van der Waals surface area contributed by atoms with Crippen LogP contribution in [-0.4, -0.2) is 10.8 Å². The van der Waals surface area contributed by atoms with Crippen molar-refractivity contribution in [3.63, 3.8) is 0 Å². The van der Waals surface area contributed by atoms with E-state index in [4.69, 9.17) is 5.73 Å². The molecule has 0 aliphatic carbocycles. The van der Waals surface area contributed by atoms with Gasteiger partial charge in [0.1, 0.15) is 0 Å². The van der Waals surface area contributed by atoms with Gasteiger partial charge in [0.25, 0.3) is 0 Å². The summed E-state index contributed by atoms with van der Waals surface area (Å²) in [5.41, 5.74) is 6.31. The Morgan fingerprint density at radius 3 is 3.08 bits per heavy atom. The molecule has 0 spiro atoms. The first-order valence-electron chi connectivity index (χ1n) is 3.68. The molecule has 0 aliphatic rings. The smallest absolute Gasteiger partial charge is 0.304 e. The van der Waals surface area contributed by atoms with Crippen molar-refractivity contribution in [1.82, 2.24) is 4.98 Å². The molecule has 0 saturated carbocycles. The van der Waals surface area contributed by atoms with Crippen LogP contribution >= 0.6 is 11.3 Å².